The molecule has 0 saturated heterocycles. The summed E-state index contributed by atoms with van der Waals surface area (Å²) in [5.74, 6) is -1.71. The lowest BCUT2D eigenvalue weighted by molar-refractivity contribution is 0.102. The van der Waals surface area contributed by atoms with Gasteiger partial charge in [0, 0.05) is 22.7 Å². The summed E-state index contributed by atoms with van der Waals surface area (Å²) in [5, 5.41) is 3.41. The Morgan fingerprint density at radius 1 is 1.13 bits per heavy atom. The van der Waals surface area contributed by atoms with E-state index < -0.39 is 17.5 Å². The Morgan fingerprint density at radius 2 is 1.91 bits per heavy atom. The highest BCUT2D eigenvalue weighted by molar-refractivity contribution is 6.07. The van der Waals surface area contributed by atoms with E-state index in [1.807, 2.05) is 12.1 Å². The Labute approximate surface area is 131 Å². The van der Waals surface area contributed by atoms with Crippen LogP contribution in [0.2, 0.25) is 0 Å². The number of ether oxygens (including phenoxy) is 1. The molecule has 1 aromatic heterocycles. The van der Waals surface area contributed by atoms with E-state index in [4.69, 9.17) is 4.74 Å². The largest absolute Gasteiger partial charge is 0.497 e. The van der Waals surface area contributed by atoms with Gasteiger partial charge in [0.05, 0.1) is 7.11 Å². The van der Waals surface area contributed by atoms with E-state index in [2.05, 4.69) is 10.3 Å². The molecule has 6 heteroatoms. The fourth-order valence-corrected chi connectivity index (χ4v) is 2.43. The quantitative estimate of drug-likeness (QED) is 0.767. The number of benzene rings is 2. The maximum atomic E-state index is 13.2. The van der Waals surface area contributed by atoms with E-state index in [9.17, 15) is 13.6 Å². The molecule has 3 aromatic rings. The zero-order chi connectivity index (χ0) is 16.6. The second kappa shape index (κ2) is 5.72. The van der Waals surface area contributed by atoms with Crippen molar-refractivity contribution in [2.24, 2.45) is 0 Å². The average molecular weight is 316 g/mol. The lowest BCUT2D eigenvalue weighted by atomic mass is 10.1. The third-order valence-electron chi connectivity index (χ3n) is 3.67. The maximum absolute atomic E-state index is 13.2. The highest BCUT2D eigenvalue weighted by atomic mass is 19.2. The number of amides is 1. The van der Waals surface area contributed by atoms with Crippen molar-refractivity contribution in [3.8, 4) is 5.75 Å². The number of nitrogens with one attached hydrogen (secondary N) is 2. The topological polar surface area (TPSA) is 54.1 Å². The molecule has 0 aliphatic heterocycles. The van der Waals surface area contributed by atoms with Crippen LogP contribution in [0.1, 0.15) is 16.1 Å². The minimum Gasteiger partial charge on any atom is -0.497 e. The van der Waals surface area contributed by atoms with Crippen LogP contribution in [0.5, 0.6) is 5.75 Å². The number of rotatable bonds is 3. The van der Waals surface area contributed by atoms with Crippen LogP contribution in [0.4, 0.5) is 14.5 Å². The zero-order valence-electron chi connectivity index (χ0n) is 12.5. The predicted octanol–water partition coefficient (Wildman–Crippen LogP) is 4.02. The maximum Gasteiger partial charge on any atom is 0.272 e. The van der Waals surface area contributed by atoms with Crippen molar-refractivity contribution < 1.29 is 18.3 Å². The zero-order valence-corrected chi connectivity index (χ0v) is 12.5. The van der Waals surface area contributed by atoms with Gasteiger partial charge in [-0.15, -0.1) is 0 Å². The molecule has 3 rings (SSSR count). The molecule has 0 spiro atoms. The molecule has 0 bridgehead atoms. The van der Waals surface area contributed by atoms with Crippen molar-refractivity contribution in [2.75, 3.05) is 12.4 Å². The van der Waals surface area contributed by atoms with Gasteiger partial charge in [0.15, 0.2) is 11.6 Å². The van der Waals surface area contributed by atoms with Crippen LogP contribution in [0, 0.1) is 18.6 Å². The number of aromatic amines is 1. The molecular weight excluding hydrogens is 302 g/mol. The van der Waals surface area contributed by atoms with E-state index >= 15 is 0 Å². The van der Waals surface area contributed by atoms with Crippen molar-refractivity contribution in [1.29, 1.82) is 0 Å². The number of H-pyrrole nitrogens is 1. The number of methoxy groups -OCH3 is 1. The molecule has 0 aliphatic rings. The normalized spacial score (nSPS) is 10.8. The summed E-state index contributed by atoms with van der Waals surface area (Å²) >= 11 is 0. The first-order valence-electron chi connectivity index (χ1n) is 6.92. The highest BCUT2D eigenvalue weighted by Crippen LogP contribution is 2.26. The van der Waals surface area contributed by atoms with E-state index in [1.54, 1.807) is 20.1 Å². The number of carbonyl (C=O) groups excluding carboxylic acids is 1. The summed E-state index contributed by atoms with van der Waals surface area (Å²) in [5.41, 5.74) is 2.08. The Bertz CT molecular complexity index is 903. The first-order valence-corrected chi connectivity index (χ1v) is 6.92. The number of hydrogen-bond acceptors (Lipinski definition) is 2. The standard InChI is InChI=1S/C17H14F2N2O2/c1-9-12-8-11(23-2)4-6-15(12)21-16(9)17(22)20-10-3-5-13(18)14(19)7-10/h3-8,21H,1-2H3,(H,20,22). The molecule has 0 unspecified atom stereocenters. The number of aryl methyl sites for hydroxylation is 1. The number of aromatic nitrogens is 1. The van der Waals surface area contributed by atoms with Crippen LogP contribution in [0.15, 0.2) is 36.4 Å². The summed E-state index contributed by atoms with van der Waals surface area (Å²) in [7, 11) is 1.57. The van der Waals surface area contributed by atoms with Gasteiger partial charge in [0.1, 0.15) is 11.4 Å². The summed E-state index contributed by atoms with van der Waals surface area (Å²) in [6.45, 7) is 1.80. The van der Waals surface area contributed by atoms with Crippen LogP contribution in [-0.2, 0) is 0 Å². The number of fused-ring (bicyclic) bond motifs is 1. The fourth-order valence-electron chi connectivity index (χ4n) is 2.43. The number of carbonyl (C=O) groups is 1. The van der Waals surface area contributed by atoms with Gasteiger partial charge >= 0.3 is 0 Å². The van der Waals surface area contributed by atoms with Gasteiger partial charge in [-0.2, -0.15) is 0 Å². The summed E-state index contributed by atoms with van der Waals surface area (Å²) in [4.78, 5) is 15.4. The smallest absolute Gasteiger partial charge is 0.272 e. The van der Waals surface area contributed by atoms with Crippen LogP contribution in [-0.4, -0.2) is 18.0 Å². The summed E-state index contributed by atoms with van der Waals surface area (Å²) in [6, 6.07) is 8.64. The molecule has 2 aromatic carbocycles. The van der Waals surface area contributed by atoms with Crippen LogP contribution in [0.25, 0.3) is 10.9 Å². The van der Waals surface area contributed by atoms with Gasteiger partial charge in [0.25, 0.3) is 5.91 Å². The molecule has 1 heterocycles. The first-order chi connectivity index (χ1) is 11.0. The molecule has 0 atom stereocenters. The highest BCUT2D eigenvalue weighted by Gasteiger charge is 2.16. The average Bonchev–Trinajstić information content (AvgIpc) is 2.87. The molecule has 0 aliphatic carbocycles. The van der Waals surface area contributed by atoms with E-state index in [1.165, 1.54) is 6.07 Å². The molecule has 0 radical (unpaired) electrons. The number of halogens is 2. The van der Waals surface area contributed by atoms with Gasteiger partial charge in [0.2, 0.25) is 0 Å². The van der Waals surface area contributed by atoms with Gasteiger partial charge in [-0.05, 0) is 42.8 Å². The van der Waals surface area contributed by atoms with Crippen molar-refractivity contribution in [2.45, 2.75) is 6.92 Å². The Kier molecular flexibility index (Phi) is 3.73. The molecule has 2 N–H and O–H groups in total. The second-order valence-corrected chi connectivity index (χ2v) is 5.12. The first kappa shape index (κ1) is 15.0. The number of hydrogen-bond donors (Lipinski definition) is 2. The minimum absolute atomic E-state index is 0.185. The van der Waals surface area contributed by atoms with Gasteiger partial charge < -0.3 is 15.0 Å². The summed E-state index contributed by atoms with van der Waals surface area (Å²) in [6.07, 6.45) is 0. The Balaban J connectivity index is 1.94. The van der Waals surface area contributed by atoms with Gasteiger partial charge in [-0.1, -0.05) is 0 Å². The third-order valence-corrected chi connectivity index (χ3v) is 3.67. The molecular formula is C17H14F2N2O2. The number of anilines is 1. The minimum atomic E-state index is -1.01. The summed E-state index contributed by atoms with van der Waals surface area (Å²) < 4.78 is 31.3. The van der Waals surface area contributed by atoms with E-state index in [0.717, 1.165) is 28.6 Å². The molecule has 4 nitrogen and oxygen atoms in total. The lowest BCUT2D eigenvalue weighted by Crippen LogP contribution is -2.13. The van der Waals surface area contributed by atoms with E-state index in [0.29, 0.717) is 11.4 Å². The van der Waals surface area contributed by atoms with Crippen LogP contribution in [0.3, 0.4) is 0 Å². The van der Waals surface area contributed by atoms with Crippen LogP contribution < -0.4 is 10.1 Å². The van der Waals surface area contributed by atoms with Crippen LogP contribution >= 0.6 is 0 Å². The second-order valence-electron chi connectivity index (χ2n) is 5.12. The Hall–Kier alpha value is -2.89. The fraction of sp³-hybridized carbons (Fsp3) is 0.118. The van der Waals surface area contributed by atoms with Gasteiger partial charge in [-0.25, -0.2) is 8.78 Å². The van der Waals surface area contributed by atoms with Crippen molar-refractivity contribution in [3.05, 3.63) is 59.3 Å². The van der Waals surface area contributed by atoms with Gasteiger partial charge in [-0.3, -0.25) is 4.79 Å². The molecule has 1 amide bonds. The van der Waals surface area contributed by atoms with E-state index in [-0.39, 0.29) is 5.69 Å². The third kappa shape index (κ3) is 2.75. The molecule has 0 saturated carbocycles. The SMILES string of the molecule is COc1ccc2[nH]c(C(=O)Nc3ccc(F)c(F)c3)c(C)c2c1. The lowest BCUT2D eigenvalue weighted by Gasteiger charge is -2.05. The molecule has 118 valence electrons. The molecule has 23 heavy (non-hydrogen) atoms. The predicted molar refractivity (Wildman–Crippen MR) is 83.9 cm³/mol. The van der Waals surface area contributed by atoms with Crippen molar-refractivity contribution in [1.82, 2.24) is 4.98 Å². The monoisotopic (exact) mass is 316 g/mol. The van der Waals surface area contributed by atoms with Crippen molar-refractivity contribution in [3.63, 3.8) is 0 Å². The Morgan fingerprint density at radius 3 is 2.61 bits per heavy atom. The molecule has 0 fully saturated rings. The van der Waals surface area contributed by atoms with Crippen molar-refractivity contribution >= 4 is 22.5 Å².